The highest BCUT2D eigenvalue weighted by Gasteiger charge is 2.27. The molecule has 0 saturated carbocycles. The Kier molecular flexibility index (Phi) is 6.55. The van der Waals surface area contributed by atoms with Crippen molar-refractivity contribution in [2.24, 2.45) is 0 Å². The number of carbonyl (C=O) groups excluding carboxylic acids is 4. The van der Waals surface area contributed by atoms with Gasteiger partial charge >= 0.3 is 6.09 Å². The van der Waals surface area contributed by atoms with Crippen molar-refractivity contribution in [3.63, 3.8) is 0 Å². The van der Waals surface area contributed by atoms with Crippen LogP contribution >= 0.6 is 0 Å². The molecule has 1 saturated heterocycles. The second kappa shape index (κ2) is 9.58. The molecular weight excluding hydrogens is 446 g/mol. The van der Waals surface area contributed by atoms with Gasteiger partial charge in [-0.1, -0.05) is 24.3 Å². The number of carbonyl (C=O) groups is 4. The molecular formula is C27H27N3O5. The third-order valence-corrected chi connectivity index (χ3v) is 5.43. The Morgan fingerprint density at radius 1 is 0.857 bits per heavy atom. The second-order valence-corrected chi connectivity index (χ2v) is 9.35. The van der Waals surface area contributed by atoms with Crippen LogP contribution in [0.5, 0.6) is 0 Å². The normalized spacial score (nSPS) is 14.1. The number of rotatable bonds is 4. The summed E-state index contributed by atoms with van der Waals surface area (Å²) in [5.74, 6) is -0.890. The first-order valence-corrected chi connectivity index (χ1v) is 11.4. The fourth-order valence-corrected chi connectivity index (χ4v) is 3.88. The Morgan fingerprint density at radius 2 is 1.46 bits per heavy atom. The van der Waals surface area contributed by atoms with Crippen LogP contribution in [0.25, 0.3) is 10.8 Å². The molecule has 0 bridgehead atoms. The van der Waals surface area contributed by atoms with Crippen molar-refractivity contribution in [2.45, 2.75) is 45.6 Å². The first-order valence-electron chi connectivity index (χ1n) is 11.4. The molecule has 1 aliphatic rings. The zero-order valence-electron chi connectivity index (χ0n) is 19.9. The number of nitrogens with one attached hydrogen (secondary N) is 2. The molecule has 35 heavy (non-hydrogen) atoms. The van der Waals surface area contributed by atoms with Crippen molar-refractivity contribution in [3.8, 4) is 0 Å². The molecule has 1 aliphatic heterocycles. The molecule has 3 aromatic rings. The second-order valence-electron chi connectivity index (χ2n) is 9.35. The molecule has 4 rings (SSSR count). The van der Waals surface area contributed by atoms with Gasteiger partial charge < -0.3 is 10.1 Å². The molecule has 8 nitrogen and oxygen atoms in total. The van der Waals surface area contributed by atoms with Gasteiger partial charge in [-0.2, -0.15) is 0 Å². The maximum Gasteiger partial charge on any atom is 0.412 e. The average molecular weight is 474 g/mol. The molecule has 4 amide bonds. The molecule has 0 unspecified atom stereocenters. The minimum absolute atomic E-state index is 0.230. The van der Waals surface area contributed by atoms with E-state index >= 15 is 0 Å². The van der Waals surface area contributed by atoms with Gasteiger partial charge in [-0.15, -0.1) is 0 Å². The lowest BCUT2D eigenvalue weighted by molar-refractivity contribution is -0.129. The van der Waals surface area contributed by atoms with Crippen molar-refractivity contribution >= 4 is 51.6 Å². The minimum atomic E-state index is -0.692. The molecule has 2 N–H and O–H groups in total. The number of fused-ring (bicyclic) bond motifs is 1. The SMILES string of the molecule is CC(C)(C)OC(=O)Nc1cc2ccccc2cc1C(=O)Nc1ccc(N2C(=O)CCCC2=O)cc1. The van der Waals surface area contributed by atoms with Crippen molar-refractivity contribution in [1.82, 2.24) is 0 Å². The summed E-state index contributed by atoms with van der Waals surface area (Å²) in [7, 11) is 0. The number of amides is 4. The van der Waals surface area contributed by atoms with Gasteiger partial charge in [0.25, 0.3) is 5.91 Å². The summed E-state index contributed by atoms with van der Waals surface area (Å²) < 4.78 is 5.35. The number of piperidine rings is 1. The highest BCUT2D eigenvalue weighted by molar-refractivity contribution is 6.16. The number of hydrogen-bond acceptors (Lipinski definition) is 5. The zero-order valence-corrected chi connectivity index (χ0v) is 19.9. The lowest BCUT2D eigenvalue weighted by atomic mass is 10.0. The molecule has 0 atom stereocenters. The van der Waals surface area contributed by atoms with E-state index in [4.69, 9.17) is 4.74 Å². The molecule has 0 radical (unpaired) electrons. The predicted octanol–water partition coefficient (Wildman–Crippen LogP) is 5.48. The number of nitrogens with zero attached hydrogens (tertiary/aromatic N) is 1. The maximum atomic E-state index is 13.2. The Morgan fingerprint density at radius 3 is 2.06 bits per heavy atom. The first kappa shape index (κ1) is 23.9. The van der Waals surface area contributed by atoms with E-state index in [0.29, 0.717) is 36.3 Å². The summed E-state index contributed by atoms with van der Waals surface area (Å²) in [6, 6.07) is 17.4. The Bertz CT molecular complexity index is 1290. The van der Waals surface area contributed by atoms with Crippen LogP contribution in [0.15, 0.2) is 60.7 Å². The molecule has 0 aliphatic carbocycles. The quantitative estimate of drug-likeness (QED) is 0.488. The van der Waals surface area contributed by atoms with E-state index in [-0.39, 0.29) is 17.4 Å². The topological polar surface area (TPSA) is 105 Å². The van der Waals surface area contributed by atoms with Gasteiger partial charge in [0.15, 0.2) is 0 Å². The summed E-state index contributed by atoms with van der Waals surface area (Å²) in [6.07, 6.45) is 0.564. The number of hydrogen-bond donors (Lipinski definition) is 2. The van der Waals surface area contributed by atoms with E-state index in [1.807, 2.05) is 24.3 Å². The lowest BCUT2D eigenvalue weighted by Gasteiger charge is -2.25. The summed E-state index contributed by atoms with van der Waals surface area (Å²) in [5, 5.41) is 7.20. The lowest BCUT2D eigenvalue weighted by Crippen LogP contribution is -2.40. The van der Waals surface area contributed by atoms with Crippen molar-refractivity contribution in [2.75, 3.05) is 15.5 Å². The summed E-state index contributed by atoms with van der Waals surface area (Å²) in [4.78, 5) is 51.1. The number of benzene rings is 3. The highest BCUT2D eigenvalue weighted by Crippen LogP contribution is 2.27. The number of imide groups is 1. The molecule has 1 fully saturated rings. The van der Waals surface area contributed by atoms with Crippen LogP contribution in [0, 0.1) is 0 Å². The van der Waals surface area contributed by atoms with Crippen molar-refractivity contribution in [1.29, 1.82) is 0 Å². The zero-order chi connectivity index (χ0) is 25.2. The third kappa shape index (κ3) is 5.66. The molecule has 1 heterocycles. The maximum absolute atomic E-state index is 13.2. The van der Waals surface area contributed by atoms with E-state index < -0.39 is 17.6 Å². The Labute approximate surface area is 203 Å². The van der Waals surface area contributed by atoms with Crippen LogP contribution in [0.3, 0.4) is 0 Å². The minimum Gasteiger partial charge on any atom is -0.444 e. The number of ether oxygens (including phenoxy) is 1. The fourth-order valence-electron chi connectivity index (χ4n) is 3.88. The van der Waals surface area contributed by atoms with Crippen LogP contribution in [0.2, 0.25) is 0 Å². The van der Waals surface area contributed by atoms with Crippen LogP contribution in [0.1, 0.15) is 50.4 Å². The van der Waals surface area contributed by atoms with E-state index in [1.54, 1.807) is 57.2 Å². The molecule has 3 aromatic carbocycles. The van der Waals surface area contributed by atoms with Gasteiger partial charge in [0.05, 0.1) is 16.9 Å². The predicted molar refractivity (Wildman–Crippen MR) is 135 cm³/mol. The van der Waals surface area contributed by atoms with Crippen LogP contribution in [-0.2, 0) is 14.3 Å². The van der Waals surface area contributed by atoms with Crippen LogP contribution < -0.4 is 15.5 Å². The number of anilines is 3. The fraction of sp³-hybridized carbons (Fsp3) is 0.259. The standard InChI is InChI=1S/C27H27N3O5/c1-27(2,3)35-26(34)29-22-16-18-8-5-4-7-17(18)15-21(22)25(33)28-19-11-13-20(14-12-19)30-23(31)9-6-10-24(30)32/h4-5,7-8,11-16H,6,9-10H2,1-3H3,(H,28,33)(H,29,34). The molecule has 180 valence electrons. The van der Waals surface area contributed by atoms with Gasteiger partial charge in [-0.3, -0.25) is 24.6 Å². The summed E-state index contributed by atoms with van der Waals surface area (Å²) >= 11 is 0. The van der Waals surface area contributed by atoms with Gasteiger partial charge in [0, 0.05) is 18.5 Å². The highest BCUT2D eigenvalue weighted by atomic mass is 16.6. The Balaban J connectivity index is 1.58. The van der Waals surface area contributed by atoms with Gasteiger partial charge in [-0.25, -0.2) is 4.79 Å². The van der Waals surface area contributed by atoms with E-state index in [1.165, 1.54) is 4.90 Å². The van der Waals surface area contributed by atoms with Crippen LogP contribution in [0.4, 0.5) is 21.9 Å². The Hall–Kier alpha value is -4.20. The van der Waals surface area contributed by atoms with E-state index in [0.717, 1.165) is 10.8 Å². The van der Waals surface area contributed by atoms with Gasteiger partial charge in [0.2, 0.25) is 11.8 Å². The average Bonchev–Trinajstić information content (AvgIpc) is 2.78. The van der Waals surface area contributed by atoms with Crippen molar-refractivity contribution < 1.29 is 23.9 Å². The van der Waals surface area contributed by atoms with E-state index in [9.17, 15) is 19.2 Å². The first-order chi connectivity index (χ1) is 16.6. The summed E-state index contributed by atoms with van der Waals surface area (Å²) in [6.45, 7) is 5.28. The third-order valence-electron chi connectivity index (χ3n) is 5.43. The smallest absolute Gasteiger partial charge is 0.412 e. The molecule has 8 heteroatoms. The van der Waals surface area contributed by atoms with Crippen LogP contribution in [-0.4, -0.2) is 29.4 Å². The molecule has 0 spiro atoms. The van der Waals surface area contributed by atoms with E-state index in [2.05, 4.69) is 10.6 Å². The molecule has 0 aromatic heterocycles. The van der Waals surface area contributed by atoms with Gasteiger partial charge in [0.1, 0.15) is 5.60 Å². The largest absolute Gasteiger partial charge is 0.444 e. The summed E-state index contributed by atoms with van der Waals surface area (Å²) in [5.41, 5.74) is 0.835. The van der Waals surface area contributed by atoms with Crippen molar-refractivity contribution in [3.05, 3.63) is 66.2 Å². The monoisotopic (exact) mass is 473 g/mol. The van der Waals surface area contributed by atoms with Gasteiger partial charge in [-0.05, 0) is 74.4 Å².